The molecule has 0 radical (unpaired) electrons. The summed E-state index contributed by atoms with van der Waals surface area (Å²) >= 11 is 13.5. The van der Waals surface area contributed by atoms with E-state index in [2.05, 4.69) is 22.8 Å². The Hall–Kier alpha value is -1.03. The van der Waals surface area contributed by atoms with Gasteiger partial charge in [-0.15, -0.1) is 11.3 Å². The third-order valence-electron chi connectivity index (χ3n) is 3.67. The first-order valence-corrected chi connectivity index (χ1v) is 8.02. The fourth-order valence-electron chi connectivity index (χ4n) is 2.23. The first kappa shape index (κ1) is 13.9. The average Bonchev–Trinajstić information content (AvgIpc) is 3.02. The molecule has 1 saturated carbocycles. The van der Waals surface area contributed by atoms with Gasteiger partial charge in [0.05, 0.1) is 10.0 Å². The third-order valence-corrected chi connectivity index (χ3v) is 5.52. The molecule has 1 fully saturated rings. The van der Waals surface area contributed by atoms with Crippen LogP contribution in [0.15, 0.2) is 35.7 Å². The normalized spacial score (nSPS) is 15.9. The van der Waals surface area contributed by atoms with E-state index in [1.807, 2.05) is 0 Å². The lowest BCUT2D eigenvalue weighted by Gasteiger charge is -2.14. The molecule has 104 valence electrons. The number of hydrogen-bond acceptors (Lipinski definition) is 2. The van der Waals surface area contributed by atoms with Crippen LogP contribution in [-0.2, 0) is 5.41 Å². The van der Waals surface area contributed by atoms with E-state index in [1.165, 1.54) is 4.88 Å². The van der Waals surface area contributed by atoms with E-state index >= 15 is 0 Å². The van der Waals surface area contributed by atoms with Crippen LogP contribution in [0.1, 0.15) is 28.1 Å². The van der Waals surface area contributed by atoms with Crippen LogP contribution in [0.2, 0.25) is 10.0 Å². The van der Waals surface area contributed by atoms with Crippen molar-refractivity contribution in [1.82, 2.24) is 5.32 Å². The highest BCUT2D eigenvalue weighted by Gasteiger charge is 2.45. The lowest BCUT2D eigenvalue weighted by Crippen LogP contribution is -2.31. The first-order valence-electron chi connectivity index (χ1n) is 6.38. The lowest BCUT2D eigenvalue weighted by atomic mass is 10.1. The van der Waals surface area contributed by atoms with E-state index in [1.54, 1.807) is 29.5 Å². The minimum absolute atomic E-state index is 0.105. The summed E-state index contributed by atoms with van der Waals surface area (Å²) in [6.45, 7) is 0.673. The van der Waals surface area contributed by atoms with Gasteiger partial charge in [-0.2, -0.15) is 0 Å². The summed E-state index contributed by atoms with van der Waals surface area (Å²) in [5.41, 5.74) is 0.696. The second kappa shape index (κ2) is 5.40. The Labute approximate surface area is 131 Å². The maximum absolute atomic E-state index is 12.1. The molecule has 1 aromatic heterocycles. The summed E-state index contributed by atoms with van der Waals surface area (Å²) in [7, 11) is 0. The molecule has 5 heteroatoms. The van der Waals surface area contributed by atoms with Crippen LogP contribution in [0.5, 0.6) is 0 Å². The Morgan fingerprint density at radius 1 is 1.25 bits per heavy atom. The van der Waals surface area contributed by atoms with Crippen LogP contribution >= 0.6 is 34.5 Å². The van der Waals surface area contributed by atoms with Gasteiger partial charge in [0.2, 0.25) is 0 Å². The molecule has 0 atom stereocenters. The second-order valence-corrected chi connectivity index (χ2v) is 6.83. The molecule has 0 saturated heterocycles. The van der Waals surface area contributed by atoms with Gasteiger partial charge in [0.25, 0.3) is 5.91 Å². The van der Waals surface area contributed by atoms with Crippen molar-refractivity contribution in [2.24, 2.45) is 0 Å². The average molecular weight is 326 g/mol. The maximum Gasteiger partial charge on any atom is 0.251 e. The third kappa shape index (κ3) is 2.71. The number of carbonyl (C=O) groups is 1. The van der Waals surface area contributed by atoms with Gasteiger partial charge in [0.15, 0.2) is 0 Å². The van der Waals surface area contributed by atoms with Crippen molar-refractivity contribution < 1.29 is 4.79 Å². The fourth-order valence-corrected chi connectivity index (χ4v) is 3.52. The number of amides is 1. The number of carbonyl (C=O) groups excluding carboxylic acids is 1. The smallest absolute Gasteiger partial charge is 0.251 e. The van der Waals surface area contributed by atoms with E-state index in [4.69, 9.17) is 23.2 Å². The van der Waals surface area contributed by atoms with E-state index in [0.717, 1.165) is 12.8 Å². The van der Waals surface area contributed by atoms with Gasteiger partial charge in [-0.05, 0) is 42.5 Å². The Morgan fingerprint density at radius 2 is 2.05 bits per heavy atom. The van der Waals surface area contributed by atoms with E-state index in [0.29, 0.717) is 22.2 Å². The van der Waals surface area contributed by atoms with Gasteiger partial charge in [0.1, 0.15) is 0 Å². The van der Waals surface area contributed by atoms with Crippen LogP contribution in [0, 0.1) is 0 Å². The molecule has 1 aliphatic rings. The summed E-state index contributed by atoms with van der Waals surface area (Å²) in [5.74, 6) is -0.105. The highest BCUT2D eigenvalue weighted by atomic mass is 35.5. The zero-order chi connectivity index (χ0) is 14.2. The Bertz CT molecular complexity index is 635. The topological polar surface area (TPSA) is 29.1 Å². The van der Waals surface area contributed by atoms with Crippen LogP contribution in [-0.4, -0.2) is 12.5 Å². The minimum Gasteiger partial charge on any atom is -0.351 e. The maximum atomic E-state index is 12.1. The number of halogens is 2. The molecule has 0 unspecified atom stereocenters. The van der Waals surface area contributed by atoms with Gasteiger partial charge in [-0.25, -0.2) is 0 Å². The van der Waals surface area contributed by atoms with Crippen LogP contribution in [0.25, 0.3) is 0 Å². The minimum atomic E-state index is -0.105. The van der Waals surface area contributed by atoms with Gasteiger partial charge in [0, 0.05) is 22.4 Å². The highest BCUT2D eigenvalue weighted by molar-refractivity contribution is 7.10. The van der Waals surface area contributed by atoms with Gasteiger partial charge in [-0.3, -0.25) is 4.79 Å². The predicted octanol–water partition coefficient (Wildman–Crippen LogP) is 4.52. The molecule has 1 aliphatic carbocycles. The second-order valence-electron chi connectivity index (χ2n) is 5.07. The largest absolute Gasteiger partial charge is 0.351 e. The van der Waals surface area contributed by atoms with Crippen molar-refractivity contribution >= 4 is 40.4 Å². The molecule has 2 aromatic rings. The summed E-state index contributed by atoms with van der Waals surface area (Å²) < 4.78 is 0. The zero-order valence-electron chi connectivity index (χ0n) is 10.7. The van der Waals surface area contributed by atoms with Crippen molar-refractivity contribution in [3.63, 3.8) is 0 Å². The van der Waals surface area contributed by atoms with Crippen molar-refractivity contribution in [3.05, 3.63) is 56.2 Å². The standard InChI is InChI=1S/C15H13Cl2NOS/c16-11-4-3-10(8-12(11)17)14(19)18-9-15(5-6-15)13-2-1-7-20-13/h1-4,7-8H,5-6,9H2,(H,18,19). The monoisotopic (exact) mass is 325 g/mol. The van der Waals surface area contributed by atoms with Crippen molar-refractivity contribution in [3.8, 4) is 0 Å². The number of hydrogen-bond donors (Lipinski definition) is 1. The molecule has 3 rings (SSSR count). The number of thiophene rings is 1. The van der Waals surface area contributed by atoms with E-state index in [9.17, 15) is 4.79 Å². The molecular formula is C15H13Cl2NOS. The van der Waals surface area contributed by atoms with Crippen molar-refractivity contribution in [1.29, 1.82) is 0 Å². The zero-order valence-corrected chi connectivity index (χ0v) is 13.0. The molecule has 1 heterocycles. The van der Waals surface area contributed by atoms with E-state index in [-0.39, 0.29) is 11.3 Å². The van der Waals surface area contributed by atoms with Crippen LogP contribution in [0.4, 0.5) is 0 Å². The first-order chi connectivity index (χ1) is 9.61. The molecule has 20 heavy (non-hydrogen) atoms. The number of benzene rings is 1. The van der Waals surface area contributed by atoms with Crippen LogP contribution in [0.3, 0.4) is 0 Å². The summed E-state index contributed by atoms with van der Waals surface area (Å²) in [6.07, 6.45) is 2.27. The summed E-state index contributed by atoms with van der Waals surface area (Å²) in [6, 6.07) is 9.13. The molecular weight excluding hydrogens is 313 g/mol. The van der Waals surface area contributed by atoms with E-state index < -0.39 is 0 Å². The molecule has 0 spiro atoms. The van der Waals surface area contributed by atoms with Gasteiger partial charge >= 0.3 is 0 Å². The molecule has 0 aliphatic heterocycles. The Morgan fingerprint density at radius 3 is 2.65 bits per heavy atom. The highest BCUT2D eigenvalue weighted by Crippen LogP contribution is 2.49. The summed E-state index contributed by atoms with van der Waals surface area (Å²) in [4.78, 5) is 13.5. The molecule has 1 N–H and O–H groups in total. The molecule has 2 nitrogen and oxygen atoms in total. The molecule has 1 aromatic carbocycles. The predicted molar refractivity (Wildman–Crippen MR) is 84.0 cm³/mol. The number of nitrogens with one attached hydrogen (secondary N) is 1. The van der Waals surface area contributed by atoms with Gasteiger partial charge < -0.3 is 5.32 Å². The van der Waals surface area contributed by atoms with Crippen molar-refractivity contribution in [2.75, 3.05) is 6.54 Å². The van der Waals surface area contributed by atoms with Crippen molar-refractivity contribution in [2.45, 2.75) is 18.3 Å². The Balaban J connectivity index is 1.67. The summed E-state index contributed by atoms with van der Waals surface area (Å²) in [5, 5.41) is 5.94. The SMILES string of the molecule is O=C(NCC1(c2cccs2)CC1)c1ccc(Cl)c(Cl)c1. The lowest BCUT2D eigenvalue weighted by molar-refractivity contribution is 0.0950. The quantitative estimate of drug-likeness (QED) is 0.879. The Kier molecular flexibility index (Phi) is 3.76. The van der Waals surface area contributed by atoms with Gasteiger partial charge in [-0.1, -0.05) is 29.3 Å². The molecule has 1 amide bonds. The number of rotatable bonds is 4. The fraction of sp³-hybridized carbons (Fsp3) is 0.267. The molecule has 0 bridgehead atoms. The van der Waals surface area contributed by atoms with Crippen LogP contribution < -0.4 is 5.32 Å².